The van der Waals surface area contributed by atoms with Gasteiger partial charge in [0.25, 0.3) is 0 Å². The minimum atomic E-state index is -4.72. The van der Waals surface area contributed by atoms with Crippen molar-refractivity contribution in [3.63, 3.8) is 0 Å². The summed E-state index contributed by atoms with van der Waals surface area (Å²) in [4.78, 5) is 11.3. The van der Waals surface area contributed by atoms with Gasteiger partial charge in [-0.3, -0.25) is 0 Å². The van der Waals surface area contributed by atoms with Gasteiger partial charge in [-0.2, -0.15) is 18.4 Å². The van der Waals surface area contributed by atoms with E-state index in [1.807, 2.05) is 0 Å². The number of hydrogen-bond donors (Lipinski definition) is 0. The predicted octanol–water partition coefficient (Wildman–Crippen LogP) is 3.10. The van der Waals surface area contributed by atoms with Crippen molar-refractivity contribution < 1.29 is 22.7 Å². The summed E-state index contributed by atoms with van der Waals surface area (Å²) in [6.45, 7) is 0. The number of rotatable bonds is 2. The highest BCUT2D eigenvalue weighted by atomic mass is 35.5. The standard InChI is InChI=1S/C11H7ClF3NO2/c1-18-10(17)8-3-9(11(13,14)15)7(5-16)2-6(8)4-12/h2-3H,4H2,1H3. The Balaban J connectivity index is 3.55. The molecule has 3 nitrogen and oxygen atoms in total. The summed E-state index contributed by atoms with van der Waals surface area (Å²) in [6, 6.07) is 2.96. The maximum atomic E-state index is 12.7. The Labute approximate surface area is 106 Å². The lowest BCUT2D eigenvalue weighted by molar-refractivity contribution is -0.137. The van der Waals surface area contributed by atoms with Crippen molar-refractivity contribution in [3.05, 3.63) is 34.4 Å². The van der Waals surface area contributed by atoms with Gasteiger partial charge >= 0.3 is 12.1 Å². The second kappa shape index (κ2) is 5.27. The highest BCUT2D eigenvalue weighted by Crippen LogP contribution is 2.34. The summed E-state index contributed by atoms with van der Waals surface area (Å²) >= 11 is 5.53. The fourth-order valence-corrected chi connectivity index (χ4v) is 1.60. The lowest BCUT2D eigenvalue weighted by Crippen LogP contribution is -2.13. The van der Waals surface area contributed by atoms with E-state index in [1.54, 1.807) is 0 Å². The summed E-state index contributed by atoms with van der Waals surface area (Å²) in [7, 11) is 1.05. The third-order valence-corrected chi connectivity index (χ3v) is 2.51. The van der Waals surface area contributed by atoms with E-state index in [9.17, 15) is 18.0 Å². The maximum absolute atomic E-state index is 12.7. The smallest absolute Gasteiger partial charge is 0.417 e. The Kier molecular flexibility index (Phi) is 4.19. The molecule has 0 unspecified atom stereocenters. The molecule has 0 saturated heterocycles. The molecule has 0 amide bonds. The van der Waals surface area contributed by atoms with Crippen LogP contribution in [0.4, 0.5) is 13.2 Å². The fourth-order valence-electron chi connectivity index (χ4n) is 1.38. The Bertz CT molecular complexity index is 520. The van der Waals surface area contributed by atoms with E-state index in [1.165, 1.54) is 6.07 Å². The molecule has 0 aromatic heterocycles. The number of benzene rings is 1. The average molecular weight is 278 g/mol. The lowest BCUT2D eigenvalue weighted by atomic mass is 9.99. The first-order valence-electron chi connectivity index (χ1n) is 4.63. The molecule has 1 aromatic rings. The zero-order valence-corrected chi connectivity index (χ0v) is 9.89. The molecule has 0 atom stereocenters. The van der Waals surface area contributed by atoms with E-state index in [2.05, 4.69) is 4.74 Å². The Morgan fingerprint density at radius 1 is 1.50 bits per heavy atom. The molecular weight excluding hydrogens is 271 g/mol. The zero-order valence-electron chi connectivity index (χ0n) is 9.14. The van der Waals surface area contributed by atoms with Gasteiger partial charge in [0, 0.05) is 5.88 Å². The number of halogens is 4. The van der Waals surface area contributed by atoms with Crippen LogP contribution in [0.1, 0.15) is 27.0 Å². The lowest BCUT2D eigenvalue weighted by Gasteiger charge is -2.12. The molecule has 1 rings (SSSR count). The van der Waals surface area contributed by atoms with Gasteiger partial charge in [0.1, 0.15) is 0 Å². The van der Waals surface area contributed by atoms with Gasteiger partial charge in [-0.15, -0.1) is 11.6 Å². The molecule has 0 aliphatic rings. The number of nitrogens with zero attached hydrogens (tertiary/aromatic N) is 1. The van der Waals surface area contributed by atoms with E-state index in [0.717, 1.165) is 13.2 Å². The van der Waals surface area contributed by atoms with Crippen molar-refractivity contribution in [2.75, 3.05) is 7.11 Å². The molecule has 0 N–H and O–H groups in total. The minimum absolute atomic E-state index is 0.119. The summed E-state index contributed by atoms with van der Waals surface area (Å²) < 4.78 is 42.4. The number of alkyl halides is 4. The van der Waals surface area contributed by atoms with Crippen molar-refractivity contribution in [2.45, 2.75) is 12.1 Å². The van der Waals surface area contributed by atoms with Crippen LogP contribution in [0.25, 0.3) is 0 Å². The number of ether oxygens (including phenoxy) is 1. The Morgan fingerprint density at radius 2 is 2.11 bits per heavy atom. The van der Waals surface area contributed by atoms with Crippen molar-refractivity contribution in [1.82, 2.24) is 0 Å². The number of nitriles is 1. The van der Waals surface area contributed by atoms with E-state index in [0.29, 0.717) is 6.07 Å². The Morgan fingerprint density at radius 3 is 2.50 bits per heavy atom. The largest absolute Gasteiger partial charge is 0.465 e. The van der Waals surface area contributed by atoms with Gasteiger partial charge in [-0.1, -0.05) is 0 Å². The van der Waals surface area contributed by atoms with Crippen LogP contribution < -0.4 is 0 Å². The second-order valence-electron chi connectivity index (χ2n) is 3.29. The molecule has 18 heavy (non-hydrogen) atoms. The summed E-state index contributed by atoms with van der Waals surface area (Å²) in [6.07, 6.45) is -4.72. The van der Waals surface area contributed by atoms with Crippen LogP contribution in [-0.2, 0) is 16.8 Å². The van der Waals surface area contributed by atoms with Crippen LogP contribution in [0.15, 0.2) is 12.1 Å². The molecule has 96 valence electrons. The predicted molar refractivity (Wildman–Crippen MR) is 57.1 cm³/mol. The molecule has 0 aliphatic carbocycles. The van der Waals surface area contributed by atoms with E-state index >= 15 is 0 Å². The monoisotopic (exact) mass is 277 g/mol. The van der Waals surface area contributed by atoms with Gasteiger partial charge in [0.15, 0.2) is 0 Å². The van der Waals surface area contributed by atoms with Crippen LogP contribution >= 0.6 is 11.6 Å². The molecule has 0 radical (unpaired) electrons. The molecule has 1 aromatic carbocycles. The second-order valence-corrected chi connectivity index (χ2v) is 3.56. The number of hydrogen-bond acceptors (Lipinski definition) is 3. The average Bonchev–Trinajstić information content (AvgIpc) is 2.34. The fraction of sp³-hybridized carbons (Fsp3) is 0.273. The molecule has 0 saturated carbocycles. The Hall–Kier alpha value is -1.74. The molecule has 0 bridgehead atoms. The van der Waals surface area contributed by atoms with Crippen LogP contribution in [0.2, 0.25) is 0 Å². The normalized spacial score (nSPS) is 10.9. The molecule has 0 aliphatic heterocycles. The molecule has 0 heterocycles. The first-order chi connectivity index (χ1) is 8.35. The van der Waals surface area contributed by atoms with Gasteiger partial charge in [0.05, 0.1) is 29.9 Å². The van der Waals surface area contributed by atoms with Crippen molar-refractivity contribution in [1.29, 1.82) is 5.26 Å². The summed E-state index contributed by atoms with van der Waals surface area (Å²) in [5.41, 5.74) is -1.93. The summed E-state index contributed by atoms with van der Waals surface area (Å²) in [5.74, 6) is -1.13. The van der Waals surface area contributed by atoms with Gasteiger partial charge in [-0.05, 0) is 17.7 Å². The first kappa shape index (κ1) is 14.3. The zero-order chi connectivity index (χ0) is 13.9. The number of carbonyl (C=O) groups excluding carboxylic acids is 1. The third kappa shape index (κ3) is 2.74. The molecule has 7 heteroatoms. The van der Waals surface area contributed by atoms with Crippen LogP contribution in [0.3, 0.4) is 0 Å². The van der Waals surface area contributed by atoms with Gasteiger partial charge < -0.3 is 4.74 Å². The number of methoxy groups -OCH3 is 1. The van der Waals surface area contributed by atoms with Crippen LogP contribution in [0.5, 0.6) is 0 Å². The van der Waals surface area contributed by atoms with Crippen LogP contribution in [-0.4, -0.2) is 13.1 Å². The molecule has 0 fully saturated rings. The summed E-state index contributed by atoms with van der Waals surface area (Å²) in [5, 5.41) is 8.68. The van der Waals surface area contributed by atoms with E-state index in [4.69, 9.17) is 16.9 Å². The topological polar surface area (TPSA) is 50.1 Å². The molecular formula is C11H7ClF3NO2. The minimum Gasteiger partial charge on any atom is -0.465 e. The molecule has 0 spiro atoms. The van der Waals surface area contributed by atoms with Crippen molar-refractivity contribution in [2.24, 2.45) is 0 Å². The van der Waals surface area contributed by atoms with E-state index in [-0.39, 0.29) is 17.0 Å². The number of carbonyl (C=O) groups is 1. The maximum Gasteiger partial charge on any atom is 0.417 e. The van der Waals surface area contributed by atoms with Gasteiger partial charge in [0.2, 0.25) is 0 Å². The SMILES string of the molecule is COC(=O)c1cc(C(F)(F)F)c(C#N)cc1CCl. The highest BCUT2D eigenvalue weighted by Gasteiger charge is 2.35. The number of esters is 1. The van der Waals surface area contributed by atoms with Crippen molar-refractivity contribution >= 4 is 17.6 Å². The first-order valence-corrected chi connectivity index (χ1v) is 5.17. The highest BCUT2D eigenvalue weighted by molar-refractivity contribution is 6.17. The third-order valence-electron chi connectivity index (χ3n) is 2.22. The van der Waals surface area contributed by atoms with Gasteiger partial charge in [-0.25, -0.2) is 4.79 Å². The van der Waals surface area contributed by atoms with Crippen molar-refractivity contribution in [3.8, 4) is 6.07 Å². The quantitative estimate of drug-likeness (QED) is 0.616. The van der Waals surface area contributed by atoms with Crippen LogP contribution in [0, 0.1) is 11.3 Å². The van der Waals surface area contributed by atoms with E-state index < -0.39 is 23.3 Å².